The Morgan fingerprint density at radius 2 is 1.86 bits per heavy atom. The van der Waals surface area contributed by atoms with Crippen molar-refractivity contribution in [3.63, 3.8) is 0 Å². The van der Waals surface area contributed by atoms with Gasteiger partial charge in [0, 0.05) is 5.56 Å². The number of nitrogens with zero attached hydrogens (tertiary/aromatic N) is 1. The zero-order valence-corrected chi connectivity index (χ0v) is 11.3. The molecule has 0 atom stereocenters. The summed E-state index contributed by atoms with van der Waals surface area (Å²) >= 11 is 0. The maximum atomic E-state index is 12.7. The second kappa shape index (κ2) is 5.20. The minimum absolute atomic E-state index is 0.0747. The van der Waals surface area contributed by atoms with Crippen LogP contribution in [0.15, 0.2) is 30.3 Å². The van der Waals surface area contributed by atoms with E-state index in [9.17, 15) is 18.0 Å². The molecule has 0 spiro atoms. The highest BCUT2D eigenvalue weighted by Crippen LogP contribution is 2.32. The van der Waals surface area contributed by atoms with Crippen LogP contribution in [0, 0.1) is 13.8 Å². The SMILES string of the molecule is Cc1cc(-c2cccc(C(F)(F)F)c2)nc(C)c1C(=O)O. The van der Waals surface area contributed by atoms with Gasteiger partial charge < -0.3 is 5.11 Å². The molecule has 0 amide bonds. The summed E-state index contributed by atoms with van der Waals surface area (Å²) in [7, 11) is 0. The van der Waals surface area contributed by atoms with Crippen molar-refractivity contribution < 1.29 is 23.1 Å². The van der Waals surface area contributed by atoms with Crippen LogP contribution in [0.1, 0.15) is 27.2 Å². The molecular formula is C15H12F3NO2. The molecule has 110 valence electrons. The summed E-state index contributed by atoms with van der Waals surface area (Å²) < 4.78 is 38.1. The molecule has 0 aliphatic heterocycles. The molecule has 0 saturated heterocycles. The van der Waals surface area contributed by atoms with Gasteiger partial charge in [0.05, 0.1) is 22.5 Å². The van der Waals surface area contributed by atoms with Crippen LogP contribution in [0.2, 0.25) is 0 Å². The normalized spacial score (nSPS) is 11.5. The van der Waals surface area contributed by atoms with Crippen molar-refractivity contribution in [1.82, 2.24) is 4.98 Å². The standard InChI is InChI=1S/C15H12F3NO2/c1-8-6-12(19-9(2)13(8)14(20)21)10-4-3-5-11(7-10)15(16,17)18/h3-7H,1-2H3,(H,20,21). The first kappa shape index (κ1) is 15.0. The molecule has 1 aromatic heterocycles. The molecule has 2 aromatic rings. The number of aromatic nitrogens is 1. The molecule has 0 saturated carbocycles. The first-order valence-corrected chi connectivity index (χ1v) is 6.09. The van der Waals surface area contributed by atoms with Crippen LogP contribution in [-0.2, 0) is 6.18 Å². The van der Waals surface area contributed by atoms with Gasteiger partial charge in [-0.3, -0.25) is 4.98 Å². The van der Waals surface area contributed by atoms with E-state index in [0.29, 0.717) is 16.8 Å². The lowest BCUT2D eigenvalue weighted by atomic mass is 10.0. The van der Waals surface area contributed by atoms with E-state index in [2.05, 4.69) is 4.98 Å². The third-order valence-corrected chi connectivity index (χ3v) is 3.10. The van der Waals surface area contributed by atoms with E-state index < -0.39 is 17.7 Å². The minimum atomic E-state index is -4.43. The third kappa shape index (κ3) is 3.04. The van der Waals surface area contributed by atoms with Gasteiger partial charge in [-0.2, -0.15) is 13.2 Å². The van der Waals surface area contributed by atoms with Crippen LogP contribution in [0.4, 0.5) is 13.2 Å². The molecule has 0 bridgehead atoms. The highest BCUT2D eigenvalue weighted by atomic mass is 19.4. The van der Waals surface area contributed by atoms with E-state index >= 15 is 0 Å². The van der Waals surface area contributed by atoms with Crippen molar-refractivity contribution in [3.8, 4) is 11.3 Å². The van der Waals surface area contributed by atoms with Gasteiger partial charge in [0.2, 0.25) is 0 Å². The Bertz CT molecular complexity index is 685. The zero-order valence-electron chi connectivity index (χ0n) is 11.3. The van der Waals surface area contributed by atoms with Gasteiger partial charge in [0.1, 0.15) is 0 Å². The molecule has 3 nitrogen and oxygen atoms in total. The highest BCUT2D eigenvalue weighted by molar-refractivity contribution is 5.91. The van der Waals surface area contributed by atoms with Gasteiger partial charge in [-0.15, -0.1) is 0 Å². The third-order valence-electron chi connectivity index (χ3n) is 3.10. The molecule has 2 rings (SSSR count). The summed E-state index contributed by atoms with van der Waals surface area (Å²) in [5, 5.41) is 9.07. The summed E-state index contributed by atoms with van der Waals surface area (Å²) in [4.78, 5) is 15.2. The van der Waals surface area contributed by atoms with E-state index in [1.807, 2.05) is 0 Å². The summed E-state index contributed by atoms with van der Waals surface area (Å²) in [5.41, 5.74) is 0.663. The predicted molar refractivity (Wildman–Crippen MR) is 71.1 cm³/mol. The molecule has 6 heteroatoms. The number of rotatable bonds is 2. The summed E-state index contributed by atoms with van der Waals surface area (Å²) in [6.45, 7) is 3.11. The number of hydrogen-bond acceptors (Lipinski definition) is 2. The molecule has 0 aliphatic carbocycles. The molecule has 1 N–H and O–H groups in total. The first-order chi connectivity index (χ1) is 9.70. The summed E-state index contributed by atoms with van der Waals surface area (Å²) in [6.07, 6.45) is -4.43. The molecule has 0 aliphatic rings. The van der Waals surface area contributed by atoms with E-state index in [-0.39, 0.29) is 11.3 Å². The van der Waals surface area contributed by atoms with E-state index in [1.54, 1.807) is 6.92 Å². The smallest absolute Gasteiger partial charge is 0.416 e. The van der Waals surface area contributed by atoms with Crippen molar-refractivity contribution in [3.05, 3.63) is 52.7 Å². The fraction of sp³-hybridized carbons (Fsp3) is 0.200. The topological polar surface area (TPSA) is 50.2 Å². The van der Waals surface area contributed by atoms with Crippen molar-refractivity contribution in [2.45, 2.75) is 20.0 Å². The van der Waals surface area contributed by atoms with Gasteiger partial charge in [0.25, 0.3) is 0 Å². The second-order valence-electron chi connectivity index (χ2n) is 4.67. The van der Waals surface area contributed by atoms with Crippen LogP contribution in [0.3, 0.4) is 0 Å². The number of benzene rings is 1. The fourth-order valence-corrected chi connectivity index (χ4v) is 2.16. The molecule has 0 fully saturated rings. The maximum absolute atomic E-state index is 12.7. The Morgan fingerprint density at radius 3 is 2.38 bits per heavy atom. The Kier molecular flexibility index (Phi) is 3.72. The molecule has 0 unspecified atom stereocenters. The van der Waals surface area contributed by atoms with Gasteiger partial charge in [-0.1, -0.05) is 12.1 Å². The lowest BCUT2D eigenvalue weighted by Crippen LogP contribution is -2.07. The number of carboxylic acids is 1. The Morgan fingerprint density at radius 1 is 1.19 bits per heavy atom. The number of carboxylic acid groups (broad SMARTS) is 1. The first-order valence-electron chi connectivity index (χ1n) is 6.09. The van der Waals surface area contributed by atoms with E-state index in [0.717, 1.165) is 12.1 Å². The highest BCUT2D eigenvalue weighted by Gasteiger charge is 2.30. The lowest BCUT2D eigenvalue weighted by Gasteiger charge is -2.11. The second-order valence-corrected chi connectivity index (χ2v) is 4.67. The van der Waals surface area contributed by atoms with E-state index in [1.165, 1.54) is 25.1 Å². The average Bonchev–Trinajstić information content (AvgIpc) is 2.36. The van der Waals surface area contributed by atoms with Crippen molar-refractivity contribution in [1.29, 1.82) is 0 Å². The number of halogens is 3. The van der Waals surface area contributed by atoms with Gasteiger partial charge >= 0.3 is 12.1 Å². The van der Waals surface area contributed by atoms with Gasteiger partial charge in [0.15, 0.2) is 0 Å². The molecule has 1 aromatic carbocycles. The van der Waals surface area contributed by atoms with Crippen molar-refractivity contribution in [2.75, 3.05) is 0 Å². The monoisotopic (exact) mass is 295 g/mol. The van der Waals surface area contributed by atoms with Crippen LogP contribution in [0.25, 0.3) is 11.3 Å². The van der Waals surface area contributed by atoms with Gasteiger partial charge in [-0.05, 0) is 37.6 Å². The largest absolute Gasteiger partial charge is 0.478 e. The number of hydrogen-bond donors (Lipinski definition) is 1. The molecule has 1 heterocycles. The minimum Gasteiger partial charge on any atom is -0.478 e. The molecule has 21 heavy (non-hydrogen) atoms. The Balaban J connectivity index is 2.56. The van der Waals surface area contributed by atoms with Crippen LogP contribution >= 0.6 is 0 Å². The lowest BCUT2D eigenvalue weighted by molar-refractivity contribution is -0.137. The number of carbonyl (C=O) groups is 1. The number of alkyl halides is 3. The van der Waals surface area contributed by atoms with Crippen molar-refractivity contribution in [2.24, 2.45) is 0 Å². The molecule has 0 radical (unpaired) electrons. The molecular weight excluding hydrogens is 283 g/mol. The Labute approximate surface area is 119 Å². The van der Waals surface area contributed by atoms with Crippen molar-refractivity contribution >= 4 is 5.97 Å². The maximum Gasteiger partial charge on any atom is 0.416 e. The zero-order chi connectivity index (χ0) is 15.8. The number of aromatic carboxylic acids is 1. The summed E-state index contributed by atoms with van der Waals surface area (Å²) in [5.74, 6) is -1.10. The van der Waals surface area contributed by atoms with Crippen LogP contribution < -0.4 is 0 Å². The predicted octanol–water partition coefficient (Wildman–Crippen LogP) is 4.08. The van der Waals surface area contributed by atoms with Gasteiger partial charge in [-0.25, -0.2) is 4.79 Å². The van der Waals surface area contributed by atoms with Crippen LogP contribution in [-0.4, -0.2) is 16.1 Å². The van der Waals surface area contributed by atoms with E-state index in [4.69, 9.17) is 5.11 Å². The summed E-state index contributed by atoms with van der Waals surface area (Å²) in [6, 6.07) is 6.27. The van der Waals surface area contributed by atoms with Crippen LogP contribution in [0.5, 0.6) is 0 Å². The fourth-order valence-electron chi connectivity index (χ4n) is 2.16. The average molecular weight is 295 g/mol. The number of aryl methyl sites for hydroxylation is 2. The Hall–Kier alpha value is -2.37. The quantitative estimate of drug-likeness (QED) is 0.908. The number of pyridine rings is 1.